The molecule has 2 aromatic carbocycles. The number of hydrogen-bond donors (Lipinski definition) is 1. The van der Waals surface area contributed by atoms with Crippen molar-refractivity contribution in [3.8, 4) is 11.1 Å². The normalized spacial score (nSPS) is 16.1. The third kappa shape index (κ3) is 6.07. The van der Waals surface area contributed by atoms with Crippen molar-refractivity contribution in [1.29, 1.82) is 0 Å². The van der Waals surface area contributed by atoms with Crippen LogP contribution in [0.2, 0.25) is 0 Å². The number of benzene rings is 2. The fraction of sp³-hybridized carbons (Fsp3) is 0.320. The molecule has 0 aliphatic carbocycles. The fourth-order valence-corrected chi connectivity index (χ4v) is 5.99. The van der Waals surface area contributed by atoms with Crippen molar-refractivity contribution in [3.05, 3.63) is 78.0 Å². The molecule has 0 spiro atoms. The van der Waals surface area contributed by atoms with Crippen LogP contribution in [-0.4, -0.2) is 37.3 Å². The van der Waals surface area contributed by atoms with Crippen molar-refractivity contribution in [2.45, 2.75) is 30.1 Å². The van der Waals surface area contributed by atoms with Crippen LogP contribution >= 0.6 is 0 Å². The van der Waals surface area contributed by atoms with Crippen molar-refractivity contribution >= 4 is 15.8 Å². The summed E-state index contributed by atoms with van der Waals surface area (Å²) in [4.78, 5) is 3.44. The fourth-order valence-electron chi connectivity index (χ4n) is 4.31. The molecule has 12 heteroatoms. The van der Waals surface area contributed by atoms with Crippen LogP contribution in [0, 0.1) is 5.92 Å². The van der Waals surface area contributed by atoms with E-state index in [0.29, 0.717) is 30.8 Å². The number of piperidine rings is 1. The number of hydrogen-bond acceptors (Lipinski definition) is 4. The highest BCUT2D eigenvalue weighted by atomic mass is 32.2. The summed E-state index contributed by atoms with van der Waals surface area (Å²) in [5.74, 6) is 0.485. The molecule has 5 nitrogen and oxygen atoms in total. The summed E-state index contributed by atoms with van der Waals surface area (Å²) < 4.78 is 107. The Morgan fingerprint density at radius 1 is 0.838 bits per heavy atom. The molecule has 0 radical (unpaired) electrons. The van der Waals surface area contributed by atoms with Gasteiger partial charge in [-0.05, 0) is 54.7 Å². The maximum atomic E-state index is 13.3. The number of halogens is 6. The Morgan fingerprint density at radius 2 is 1.43 bits per heavy atom. The largest absolute Gasteiger partial charge is 0.417 e. The molecule has 1 saturated heterocycles. The highest BCUT2D eigenvalue weighted by molar-refractivity contribution is 7.89. The highest BCUT2D eigenvalue weighted by Crippen LogP contribution is 2.37. The molecule has 4 rings (SSSR count). The number of alkyl halides is 6. The molecule has 1 fully saturated rings. The zero-order valence-corrected chi connectivity index (χ0v) is 20.2. The minimum Gasteiger partial charge on any atom is -0.370 e. The first kappa shape index (κ1) is 26.9. The zero-order chi connectivity index (χ0) is 26.8. The average Bonchev–Trinajstić information content (AvgIpc) is 2.87. The molecule has 0 amide bonds. The van der Waals surface area contributed by atoms with Crippen molar-refractivity contribution in [3.63, 3.8) is 0 Å². The van der Waals surface area contributed by atoms with E-state index in [-0.39, 0.29) is 24.6 Å². The van der Waals surface area contributed by atoms with E-state index in [1.807, 2.05) is 0 Å². The van der Waals surface area contributed by atoms with E-state index < -0.39 is 38.4 Å². The molecule has 37 heavy (non-hydrogen) atoms. The van der Waals surface area contributed by atoms with Gasteiger partial charge in [0.1, 0.15) is 5.82 Å². The van der Waals surface area contributed by atoms with E-state index in [0.717, 1.165) is 28.6 Å². The van der Waals surface area contributed by atoms with Crippen LogP contribution in [-0.2, 0) is 22.4 Å². The quantitative estimate of drug-likeness (QED) is 0.371. The summed E-state index contributed by atoms with van der Waals surface area (Å²) >= 11 is 0. The zero-order valence-electron chi connectivity index (χ0n) is 19.4. The first-order valence-corrected chi connectivity index (χ1v) is 12.8. The maximum absolute atomic E-state index is 13.3. The predicted octanol–water partition coefficient (Wildman–Crippen LogP) is 6.30. The number of anilines is 1. The van der Waals surface area contributed by atoms with Gasteiger partial charge in [-0.1, -0.05) is 30.3 Å². The van der Waals surface area contributed by atoms with Crippen LogP contribution in [0.4, 0.5) is 32.2 Å². The SMILES string of the molecule is O=S(=O)(c1ccccc1C(F)(F)F)N1CCC(CNc2ccc(-c3ccccc3C(F)(F)F)cn2)CC1. The molecule has 1 N–H and O–H groups in total. The van der Waals surface area contributed by atoms with Crippen LogP contribution in [0.3, 0.4) is 0 Å². The second-order valence-corrected chi connectivity index (χ2v) is 10.6. The average molecular weight is 544 g/mol. The monoisotopic (exact) mass is 543 g/mol. The van der Waals surface area contributed by atoms with Crippen molar-refractivity contribution in [1.82, 2.24) is 9.29 Å². The standard InChI is InChI=1S/C25H23F6N3O2S/c26-24(27,28)20-6-2-1-5-19(20)18-9-10-23(33-16-18)32-15-17-11-13-34(14-12-17)37(35,36)22-8-4-3-7-21(22)25(29,30)31/h1-10,16-17H,11-15H2,(H,32,33). The molecule has 0 bridgehead atoms. The lowest BCUT2D eigenvalue weighted by Crippen LogP contribution is -2.40. The summed E-state index contributed by atoms with van der Waals surface area (Å²) in [6, 6.07) is 12.5. The van der Waals surface area contributed by atoms with Gasteiger partial charge in [0.15, 0.2) is 0 Å². The lowest BCUT2D eigenvalue weighted by Gasteiger charge is -2.32. The lowest BCUT2D eigenvalue weighted by atomic mass is 9.98. The summed E-state index contributed by atoms with van der Waals surface area (Å²) in [7, 11) is -4.31. The molecule has 0 unspecified atom stereocenters. The molecule has 1 aliphatic rings. The first-order valence-electron chi connectivity index (χ1n) is 11.4. The van der Waals surface area contributed by atoms with Gasteiger partial charge in [0, 0.05) is 31.4 Å². The van der Waals surface area contributed by atoms with E-state index in [9.17, 15) is 34.8 Å². The van der Waals surface area contributed by atoms with Gasteiger partial charge in [-0.15, -0.1) is 0 Å². The maximum Gasteiger partial charge on any atom is 0.417 e. The van der Waals surface area contributed by atoms with Gasteiger partial charge in [0.05, 0.1) is 16.0 Å². The summed E-state index contributed by atoms with van der Waals surface area (Å²) in [6.45, 7) is 0.571. The van der Waals surface area contributed by atoms with Gasteiger partial charge >= 0.3 is 12.4 Å². The Kier molecular flexibility index (Phi) is 7.52. The number of rotatable bonds is 6. The Morgan fingerprint density at radius 3 is 2.03 bits per heavy atom. The van der Waals surface area contributed by atoms with Crippen molar-refractivity contribution < 1.29 is 34.8 Å². The van der Waals surface area contributed by atoms with Gasteiger partial charge in [-0.25, -0.2) is 13.4 Å². The minimum absolute atomic E-state index is 0.0229. The highest BCUT2D eigenvalue weighted by Gasteiger charge is 2.39. The van der Waals surface area contributed by atoms with Crippen LogP contribution in [0.1, 0.15) is 24.0 Å². The smallest absolute Gasteiger partial charge is 0.370 e. The third-order valence-electron chi connectivity index (χ3n) is 6.26. The second-order valence-electron chi connectivity index (χ2n) is 8.70. The molecular weight excluding hydrogens is 520 g/mol. The molecule has 0 saturated carbocycles. The Hall–Kier alpha value is -3.12. The number of sulfonamides is 1. The van der Waals surface area contributed by atoms with Gasteiger partial charge < -0.3 is 5.32 Å². The van der Waals surface area contributed by atoms with Crippen LogP contribution in [0.25, 0.3) is 11.1 Å². The molecular formula is C25H23F6N3O2S. The number of aromatic nitrogens is 1. The molecule has 198 valence electrons. The van der Waals surface area contributed by atoms with E-state index in [1.165, 1.54) is 36.5 Å². The second kappa shape index (κ2) is 10.3. The van der Waals surface area contributed by atoms with Gasteiger partial charge in [0.25, 0.3) is 0 Å². The van der Waals surface area contributed by atoms with Crippen molar-refractivity contribution in [2.24, 2.45) is 5.92 Å². The van der Waals surface area contributed by atoms with Crippen molar-refractivity contribution in [2.75, 3.05) is 25.0 Å². The van der Waals surface area contributed by atoms with E-state index >= 15 is 0 Å². The van der Waals surface area contributed by atoms with E-state index in [4.69, 9.17) is 0 Å². The van der Waals surface area contributed by atoms with E-state index in [1.54, 1.807) is 6.07 Å². The Bertz CT molecular complexity index is 1330. The Labute approximate surface area is 210 Å². The van der Waals surface area contributed by atoms with Crippen LogP contribution < -0.4 is 5.32 Å². The lowest BCUT2D eigenvalue weighted by molar-refractivity contribution is -0.140. The van der Waals surface area contributed by atoms with Gasteiger partial charge in [-0.2, -0.15) is 30.6 Å². The summed E-state index contributed by atoms with van der Waals surface area (Å²) in [5.41, 5.74) is -1.60. The number of pyridine rings is 1. The summed E-state index contributed by atoms with van der Waals surface area (Å²) in [5, 5.41) is 3.10. The topological polar surface area (TPSA) is 62.3 Å². The molecule has 1 aromatic heterocycles. The molecule has 0 atom stereocenters. The van der Waals surface area contributed by atoms with Gasteiger partial charge in [-0.3, -0.25) is 0 Å². The first-order chi connectivity index (χ1) is 17.4. The minimum atomic E-state index is -4.79. The molecule has 1 aliphatic heterocycles. The Balaban J connectivity index is 1.36. The number of nitrogens with one attached hydrogen (secondary N) is 1. The predicted molar refractivity (Wildman–Crippen MR) is 126 cm³/mol. The summed E-state index contributed by atoms with van der Waals surface area (Å²) in [6.07, 6.45) is -7.08. The van der Waals surface area contributed by atoms with Crippen LogP contribution in [0.5, 0.6) is 0 Å². The molecule has 3 aromatic rings. The van der Waals surface area contributed by atoms with Gasteiger partial charge in [0.2, 0.25) is 10.0 Å². The molecule has 2 heterocycles. The van der Waals surface area contributed by atoms with E-state index in [2.05, 4.69) is 10.3 Å². The number of nitrogens with zero attached hydrogens (tertiary/aromatic N) is 2. The third-order valence-corrected chi connectivity index (χ3v) is 8.22. The van der Waals surface area contributed by atoms with Crippen LogP contribution in [0.15, 0.2) is 71.8 Å².